The van der Waals surface area contributed by atoms with Crippen LogP contribution in [0.4, 0.5) is 5.00 Å². The number of nitrogens with one attached hydrogen (secondary N) is 2. The molecule has 0 bridgehead atoms. The number of amides is 1. The van der Waals surface area contributed by atoms with Crippen molar-refractivity contribution in [3.05, 3.63) is 52.9 Å². The number of hydrogen-bond acceptors (Lipinski definition) is 4. The van der Waals surface area contributed by atoms with Crippen molar-refractivity contribution in [1.29, 1.82) is 0 Å². The first-order valence-corrected chi connectivity index (χ1v) is 11.7. The molecule has 0 saturated carbocycles. The number of carbonyl (C=O) groups is 1. The molecule has 2 saturated heterocycles. The highest BCUT2D eigenvalue weighted by atomic mass is 127. The van der Waals surface area contributed by atoms with Crippen molar-refractivity contribution in [1.82, 2.24) is 15.5 Å². The number of carbonyl (C=O) groups excluding carboxylic acids is 1. The molecule has 0 atom stereocenters. The Bertz CT molecular complexity index is 865. The van der Waals surface area contributed by atoms with Crippen LogP contribution < -0.4 is 15.5 Å². The van der Waals surface area contributed by atoms with Crippen LogP contribution in [-0.4, -0.2) is 49.5 Å². The molecule has 2 aromatic rings. The summed E-state index contributed by atoms with van der Waals surface area (Å²) < 4.78 is 0. The van der Waals surface area contributed by atoms with Crippen molar-refractivity contribution in [3.63, 3.8) is 0 Å². The third kappa shape index (κ3) is 6.35. The number of rotatable bonds is 6. The second-order valence-corrected chi connectivity index (χ2v) is 8.90. The van der Waals surface area contributed by atoms with Gasteiger partial charge in [0, 0.05) is 52.2 Å². The lowest BCUT2D eigenvalue weighted by molar-refractivity contribution is -0.128. The van der Waals surface area contributed by atoms with Gasteiger partial charge in [0.05, 0.1) is 5.00 Å². The normalized spacial score (nSPS) is 17.6. The van der Waals surface area contributed by atoms with Gasteiger partial charge in [-0.3, -0.25) is 9.79 Å². The number of halogens is 1. The highest BCUT2D eigenvalue weighted by Crippen LogP contribution is 2.24. The first kappa shape index (κ1) is 23.8. The Labute approximate surface area is 206 Å². The van der Waals surface area contributed by atoms with Crippen molar-refractivity contribution < 1.29 is 4.79 Å². The summed E-state index contributed by atoms with van der Waals surface area (Å²) in [6, 6.07) is 13.1. The molecule has 4 rings (SSSR count). The van der Waals surface area contributed by atoms with E-state index in [9.17, 15) is 4.79 Å². The fourth-order valence-corrected chi connectivity index (χ4v) is 5.01. The lowest BCUT2D eigenvalue weighted by Crippen LogP contribution is -2.48. The first-order valence-electron chi connectivity index (χ1n) is 10.8. The summed E-state index contributed by atoms with van der Waals surface area (Å²) in [5.41, 5.74) is 2.42. The molecule has 0 unspecified atom stereocenters. The smallest absolute Gasteiger partial charge is 0.222 e. The Morgan fingerprint density at radius 1 is 1.13 bits per heavy atom. The van der Waals surface area contributed by atoms with Gasteiger partial charge in [-0.2, -0.15) is 0 Å². The summed E-state index contributed by atoms with van der Waals surface area (Å²) in [6.07, 6.45) is 3.86. The molecule has 168 valence electrons. The number of likely N-dealkylation sites (tertiary alicyclic amines) is 1. The molecule has 6 nitrogen and oxygen atoms in total. The Morgan fingerprint density at radius 3 is 2.55 bits per heavy atom. The second kappa shape index (κ2) is 11.7. The molecule has 0 spiro atoms. The third-order valence-corrected chi connectivity index (χ3v) is 6.90. The molecule has 1 aromatic carbocycles. The van der Waals surface area contributed by atoms with Crippen molar-refractivity contribution in [2.24, 2.45) is 4.99 Å². The zero-order chi connectivity index (χ0) is 20.8. The standard InChI is InChI=1S/C23H31N5OS.HI/c1-24-23(26-20-10-13-27(14-11-20)22-9-5-15-30-22)25-16-18-6-2-3-7-19(18)17-28-12-4-8-21(28)29;/h2-3,5-7,9,15,20H,4,8,10-14,16-17H2,1H3,(H2,24,25,26);1H. The Kier molecular flexibility index (Phi) is 9.01. The summed E-state index contributed by atoms with van der Waals surface area (Å²) in [5, 5.41) is 10.6. The molecular weight excluding hydrogens is 521 g/mol. The molecule has 1 aromatic heterocycles. The van der Waals surface area contributed by atoms with Gasteiger partial charge in [0.1, 0.15) is 0 Å². The van der Waals surface area contributed by atoms with Gasteiger partial charge in [-0.15, -0.1) is 35.3 Å². The largest absolute Gasteiger partial charge is 0.363 e. The molecule has 0 aliphatic carbocycles. The highest BCUT2D eigenvalue weighted by Gasteiger charge is 2.22. The van der Waals surface area contributed by atoms with E-state index in [4.69, 9.17) is 0 Å². The number of piperidine rings is 1. The molecule has 2 aliphatic heterocycles. The van der Waals surface area contributed by atoms with E-state index in [-0.39, 0.29) is 29.9 Å². The minimum atomic E-state index is 0. The van der Waals surface area contributed by atoms with Gasteiger partial charge in [-0.05, 0) is 47.9 Å². The molecule has 1 amide bonds. The van der Waals surface area contributed by atoms with E-state index < -0.39 is 0 Å². The van der Waals surface area contributed by atoms with Crippen molar-refractivity contribution in [3.8, 4) is 0 Å². The SMILES string of the molecule is CN=C(NCc1ccccc1CN1CCCC1=O)NC1CCN(c2cccs2)CC1.I. The predicted molar refractivity (Wildman–Crippen MR) is 139 cm³/mol. The number of thiophene rings is 1. The van der Waals surface area contributed by atoms with E-state index in [1.54, 1.807) is 0 Å². The van der Waals surface area contributed by atoms with Crippen LogP contribution >= 0.6 is 35.3 Å². The summed E-state index contributed by atoms with van der Waals surface area (Å²) in [5.74, 6) is 1.11. The summed E-state index contributed by atoms with van der Waals surface area (Å²) in [6.45, 7) is 4.41. The average Bonchev–Trinajstić information content (AvgIpc) is 3.45. The van der Waals surface area contributed by atoms with E-state index in [2.05, 4.69) is 56.2 Å². The molecule has 2 aliphatic rings. The van der Waals surface area contributed by atoms with Crippen molar-refractivity contribution >= 4 is 52.2 Å². The average molecular weight is 554 g/mol. The second-order valence-electron chi connectivity index (χ2n) is 7.97. The summed E-state index contributed by atoms with van der Waals surface area (Å²) in [4.78, 5) is 20.9. The Morgan fingerprint density at radius 2 is 1.90 bits per heavy atom. The molecule has 3 heterocycles. The quantitative estimate of drug-likeness (QED) is 0.325. The highest BCUT2D eigenvalue weighted by molar-refractivity contribution is 14.0. The lowest BCUT2D eigenvalue weighted by Gasteiger charge is -2.33. The van der Waals surface area contributed by atoms with Gasteiger partial charge >= 0.3 is 0 Å². The predicted octanol–water partition coefficient (Wildman–Crippen LogP) is 3.82. The van der Waals surface area contributed by atoms with E-state index in [0.717, 1.165) is 44.9 Å². The van der Waals surface area contributed by atoms with Crippen LogP contribution in [0.3, 0.4) is 0 Å². The van der Waals surface area contributed by atoms with Gasteiger partial charge < -0.3 is 20.4 Å². The van der Waals surface area contributed by atoms with Crippen LogP contribution in [0.2, 0.25) is 0 Å². The minimum absolute atomic E-state index is 0. The molecule has 2 fully saturated rings. The number of guanidine groups is 1. The minimum Gasteiger partial charge on any atom is -0.363 e. The Balaban J connectivity index is 0.00000272. The van der Waals surface area contributed by atoms with Crippen molar-refractivity contribution in [2.45, 2.75) is 44.8 Å². The van der Waals surface area contributed by atoms with Crippen LogP contribution in [0, 0.1) is 0 Å². The topological polar surface area (TPSA) is 60.0 Å². The number of nitrogens with zero attached hydrogens (tertiary/aromatic N) is 3. The summed E-state index contributed by atoms with van der Waals surface area (Å²) >= 11 is 1.81. The van der Waals surface area contributed by atoms with E-state index in [0.29, 0.717) is 25.6 Å². The fraction of sp³-hybridized carbons (Fsp3) is 0.478. The Hall–Kier alpha value is -1.81. The summed E-state index contributed by atoms with van der Waals surface area (Å²) in [7, 11) is 1.82. The maximum Gasteiger partial charge on any atom is 0.222 e. The number of benzene rings is 1. The van der Waals surface area contributed by atoms with E-state index in [1.807, 2.05) is 29.4 Å². The van der Waals surface area contributed by atoms with Crippen LogP contribution in [-0.2, 0) is 17.9 Å². The first-order chi connectivity index (χ1) is 14.7. The molecule has 31 heavy (non-hydrogen) atoms. The number of aliphatic imine (C=N–C) groups is 1. The monoisotopic (exact) mass is 553 g/mol. The van der Waals surface area contributed by atoms with Crippen LogP contribution in [0.15, 0.2) is 46.8 Å². The van der Waals surface area contributed by atoms with E-state index >= 15 is 0 Å². The van der Waals surface area contributed by atoms with Gasteiger partial charge in [0.15, 0.2) is 5.96 Å². The molecule has 8 heteroatoms. The van der Waals surface area contributed by atoms with Gasteiger partial charge in [0.25, 0.3) is 0 Å². The van der Waals surface area contributed by atoms with Crippen LogP contribution in [0.25, 0.3) is 0 Å². The fourth-order valence-electron chi connectivity index (χ4n) is 4.22. The number of anilines is 1. The lowest BCUT2D eigenvalue weighted by atomic mass is 10.1. The molecular formula is C23H32IN5OS. The third-order valence-electron chi connectivity index (χ3n) is 5.97. The van der Waals surface area contributed by atoms with E-state index in [1.165, 1.54) is 16.1 Å². The molecule has 0 radical (unpaired) electrons. The maximum absolute atomic E-state index is 12.0. The zero-order valence-corrected chi connectivity index (χ0v) is 21.2. The van der Waals surface area contributed by atoms with Gasteiger partial charge in [0.2, 0.25) is 5.91 Å². The van der Waals surface area contributed by atoms with Gasteiger partial charge in [-0.25, -0.2) is 0 Å². The molecule has 2 N–H and O–H groups in total. The number of hydrogen-bond donors (Lipinski definition) is 2. The van der Waals surface area contributed by atoms with Crippen LogP contribution in [0.5, 0.6) is 0 Å². The zero-order valence-electron chi connectivity index (χ0n) is 18.0. The maximum atomic E-state index is 12.0. The van der Waals surface area contributed by atoms with Crippen LogP contribution in [0.1, 0.15) is 36.8 Å². The van der Waals surface area contributed by atoms with Crippen molar-refractivity contribution in [2.75, 3.05) is 31.6 Å². The van der Waals surface area contributed by atoms with Gasteiger partial charge in [-0.1, -0.05) is 24.3 Å².